The molecule has 2 N–H and O–H groups in total. The molecule has 4 aromatic heterocycles. The molecule has 0 aliphatic heterocycles. The number of amides is 2. The first-order valence-electron chi connectivity index (χ1n) is 19.9. The zero-order valence-electron chi connectivity index (χ0n) is 33.9. The van der Waals surface area contributed by atoms with E-state index in [2.05, 4.69) is 67.0 Å². The smallest absolute Gasteiger partial charge is 0.408 e. The lowest BCUT2D eigenvalue weighted by atomic mass is 9.96. The van der Waals surface area contributed by atoms with Crippen molar-refractivity contribution in [2.75, 3.05) is 7.11 Å². The molecule has 0 spiro atoms. The van der Waals surface area contributed by atoms with Gasteiger partial charge in [0, 0.05) is 47.0 Å². The van der Waals surface area contributed by atoms with Crippen molar-refractivity contribution >= 4 is 18.0 Å². The fourth-order valence-corrected chi connectivity index (χ4v) is 6.80. The van der Waals surface area contributed by atoms with Gasteiger partial charge in [-0.25, -0.2) is 9.59 Å². The minimum Gasteiger partial charge on any atom is -0.467 e. The van der Waals surface area contributed by atoms with Gasteiger partial charge in [-0.2, -0.15) is 0 Å². The molecule has 6 rings (SSSR count). The molecule has 2 amide bonds. The summed E-state index contributed by atoms with van der Waals surface area (Å²) in [6.07, 6.45) is 9.21. The van der Waals surface area contributed by atoms with Crippen molar-refractivity contribution < 1.29 is 23.9 Å². The number of hydrogen-bond acceptors (Lipinski definition) is 9. The van der Waals surface area contributed by atoms with E-state index in [0.717, 1.165) is 56.2 Å². The third-order valence-corrected chi connectivity index (χ3v) is 9.55. The molecule has 0 fully saturated rings. The number of ether oxygens (including phenoxy) is 2. The Morgan fingerprint density at radius 2 is 0.949 bits per heavy atom. The molecule has 0 aliphatic rings. The first-order chi connectivity index (χ1) is 28.5. The van der Waals surface area contributed by atoms with E-state index in [-0.39, 0.29) is 6.42 Å². The van der Waals surface area contributed by atoms with Gasteiger partial charge in [0.2, 0.25) is 5.91 Å². The van der Waals surface area contributed by atoms with Crippen LogP contribution in [0, 0.1) is 0 Å². The Morgan fingerprint density at radius 1 is 0.559 bits per heavy atom. The average Bonchev–Trinajstić information content (AvgIpc) is 3.25. The minimum absolute atomic E-state index is 0.280. The Morgan fingerprint density at radius 3 is 1.29 bits per heavy atom. The van der Waals surface area contributed by atoms with Gasteiger partial charge < -0.3 is 20.1 Å². The lowest BCUT2D eigenvalue weighted by molar-refractivity contribution is -0.145. The number of carbonyl (C=O) groups is 3. The van der Waals surface area contributed by atoms with Crippen molar-refractivity contribution in [2.45, 2.75) is 77.0 Å². The van der Waals surface area contributed by atoms with Crippen LogP contribution in [0.25, 0.3) is 45.0 Å². The zero-order chi connectivity index (χ0) is 41.6. The molecule has 2 aromatic carbocycles. The number of pyridine rings is 4. The van der Waals surface area contributed by atoms with Gasteiger partial charge in [-0.05, 0) is 155 Å². The summed E-state index contributed by atoms with van der Waals surface area (Å²) in [5, 5.41) is 5.65. The molecule has 11 heteroatoms. The number of nitrogens with one attached hydrogen (secondary N) is 2. The quantitative estimate of drug-likeness (QED) is 0.0919. The highest BCUT2D eigenvalue weighted by Gasteiger charge is 2.29. The van der Waals surface area contributed by atoms with Gasteiger partial charge in [-0.3, -0.25) is 24.7 Å². The number of aryl methyl sites for hydroxylation is 2. The first-order valence-corrected chi connectivity index (χ1v) is 19.9. The molecule has 0 saturated heterocycles. The molecule has 0 radical (unpaired) electrons. The van der Waals surface area contributed by atoms with Crippen molar-refractivity contribution in [3.05, 3.63) is 145 Å². The van der Waals surface area contributed by atoms with Gasteiger partial charge in [0.15, 0.2) is 0 Å². The highest BCUT2D eigenvalue weighted by molar-refractivity contribution is 5.89. The van der Waals surface area contributed by atoms with Crippen LogP contribution in [0.2, 0.25) is 0 Å². The molecule has 2 atom stereocenters. The van der Waals surface area contributed by atoms with E-state index >= 15 is 0 Å². The maximum absolute atomic E-state index is 14.0. The zero-order valence-corrected chi connectivity index (χ0v) is 33.9. The molecule has 302 valence electrons. The third-order valence-electron chi connectivity index (χ3n) is 9.55. The van der Waals surface area contributed by atoms with E-state index in [1.54, 1.807) is 45.6 Å². The lowest BCUT2D eigenvalue weighted by Gasteiger charge is -2.25. The number of methoxy groups -OCH3 is 1. The normalized spacial score (nSPS) is 12.2. The number of carbonyl (C=O) groups excluding carboxylic acids is 3. The number of benzene rings is 2. The van der Waals surface area contributed by atoms with Crippen LogP contribution in [0.3, 0.4) is 0 Å². The Kier molecular flexibility index (Phi) is 14.3. The Balaban J connectivity index is 1.17. The first kappa shape index (κ1) is 41.9. The van der Waals surface area contributed by atoms with Crippen molar-refractivity contribution in [1.29, 1.82) is 0 Å². The average molecular weight is 791 g/mol. The highest BCUT2D eigenvalue weighted by atomic mass is 16.6. The fraction of sp³-hybridized carbons (Fsp3) is 0.271. The molecule has 0 unspecified atom stereocenters. The van der Waals surface area contributed by atoms with E-state index in [1.807, 2.05) is 72.8 Å². The summed E-state index contributed by atoms with van der Waals surface area (Å²) in [5.41, 5.74) is 8.42. The summed E-state index contributed by atoms with van der Waals surface area (Å²) < 4.78 is 10.7. The van der Waals surface area contributed by atoms with Crippen LogP contribution in [0.5, 0.6) is 0 Å². The summed E-state index contributed by atoms with van der Waals surface area (Å²) in [7, 11) is 1.30. The topological polar surface area (TPSA) is 145 Å². The maximum atomic E-state index is 14.0. The second-order valence-electron chi connectivity index (χ2n) is 15.3. The predicted octanol–water partition coefficient (Wildman–Crippen LogP) is 8.83. The molecule has 0 saturated carbocycles. The maximum Gasteiger partial charge on any atom is 0.408 e. The number of esters is 1. The summed E-state index contributed by atoms with van der Waals surface area (Å²) >= 11 is 0. The van der Waals surface area contributed by atoms with Crippen molar-refractivity contribution in [2.24, 2.45) is 0 Å². The largest absolute Gasteiger partial charge is 0.467 e. The van der Waals surface area contributed by atoms with Crippen LogP contribution >= 0.6 is 0 Å². The Hall–Kier alpha value is -6.75. The summed E-state index contributed by atoms with van der Waals surface area (Å²) in [6, 6.07) is 33.7. The molecule has 4 heterocycles. The van der Waals surface area contributed by atoms with Crippen molar-refractivity contribution in [1.82, 2.24) is 30.6 Å². The van der Waals surface area contributed by atoms with Gasteiger partial charge in [-0.15, -0.1) is 0 Å². The summed E-state index contributed by atoms with van der Waals surface area (Å²) in [4.78, 5) is 58.4. The molecular weight excluding hydrogens is 741 g/mol. The third kappa shape index (κ3) is 12.4. The number of alkyl carbamates (subject to hydrolysis) is 1. The van der Waals surface area contributed by atoms with Crippen LogP contribution < -0.4 is 10.6 Å². The minimum atomic E-state index is -0.984. The van der Waals surface area contributed by atoms with E-state index in [4.69, 9.17) is 9.47 Å². The molecule has 0 bridgehead atoms. The van der Waals surface area contributed by atoms with E-state index in [9.17, 15) is 14.4 Å². The van der Waals surface area contributed by atoms with E-state index in [1.165, 1.54) is 7.11 Å². The van der Waals surface area contributed by atoms with Gasteiger partial charge >= 0.3 is 12.1 Å². The second kappa shape index (κ2) is 20.1. The number of hydrogen-bond donors (Lipinski definition) is 2. The van der Waals surface area contributed by atoms with E-state index < -0.39 is 35.7 Å². The molecular formula is C48H50N6O5. The molecule has 59 heavy (non-hydrogen) atoms. The van der Waals surface area contributed by atoms with Crippen LogP contribution in [0.15, 0.2) is 134 Å². The SMILES string of the molecule is COC(=O)[C@H](CCCc1cc(-c2ccccn2)cc(-c2ccccn2)c1)NC(=O)[C@H](CCCc1cc(-c2ccccn2)cc(-c2ccccn2)c1)NC(=O)OC(C)(C)C. The Labute approximate surface area is 345 Å². The van der Waals surface area contributed by atoms with Gasteiger partial charge in [0.25, 0.3) is 0 Å². The number of rotatable bonds is 16. The van der Waals surface area contributed by atoms with Crippen LogP contribution in [-0.4, -0.2) is 62.7 Å². The number of nitrogens with zero attached hydrogens (tertiary/aromatic N) is 4. The number of aromatic nitrogens is 4. The summed E-state index contributed by atoms with van der Waals surface area (Å²) in [6.45, 7) is 5.27. The van der Waals surface area contributed by atoms with Crippen LogP contribution in [-0.2, 0) is 31.9 Å². The van der Waals surface area contributed by atoms with E-state index in [0.29, 0.717) is 32.1 Å². The van der Waals surface area contributed by atoms with Crippen molar-refractivity contribution in [3.8, 4) is 45.0 Å². The Bertz CT molecular complexity index is 2190. The highest BCUT2D eigenvalue weighted by Crippen LogP contribution is 2.29. The fourth-order valence-electron chi connectivity index (χ4n) is 6.80. The monoisotopic (exact) mass is 790 g/mol. The van der Waals surface area contributed by atoms with Gasteiger partial charge in [0.05, 0.1) is 29.9 Å². The predicted molar refractivity (Wildman–Crippen MR) is 229 cm³/mol. The van der Waals surface area contributed by atoms with Gasteiger partial charge in [0.1, 0.15) is 17.7 Å². The van der Waals surface area contributed by atoms with Crippen molar-refractivity contribution in [3.63, 3.8) is 0 Å². The lowest BCUT2D eigenvalue weighted by Crippen LogP contribution is -2.52. The van der Waals surface area contributed by atoms with Crippen LogP contribution in [0.1, 0.15) is 57.6 Å². The molecule has 6 aromatic rings. The standard InChI is InChI=1S/C48H50N6O5/c1-48(2,3)59-47(57)54-43(21-13-15-33-27-35(39-17-5-9-23-49-39)31-36(28-33)40-18-6-10-24-50-40)45(55)53-44(46(56)58-4)22-14-16-34-29-37(41-19-7-11-25-51-41)32-38(30-34)42-20-8-12-26-52-42/h5-12,17-20,23-32,43-44H,13-16,21-22H2,1-4H3,(H,53,55)(H,54,57)/t43-,44-/m0/s1. The van der Waals surface area contributed by atoms with Crippen LogP contribution in [0.4, 0.5) is 4.79 Å². The summed E-state index contributed by atoms with van der Waals surface area (Å²) in [5.74, 6) is -1.07. The molecule has 11 nitrogen and oxygen atoms in total. The van der Waals surface area contributed by atoms with Gasteiger partial charge in [-0.1, -0.05) is 24.3 Å². The second-order valence-corrected chi connectivity index (χ2v) is 15.3. The molecule has 0 aliphatic carbocycles.